The predicted octanol–water partition coefficient (Wildman–Crippen LogP) is 0.562. The SMILES string of the molecule is CC1(C)CC(=O)CC(C)(C)N1CC(O)CO. The van der Waals surface area contributed by atoms with Gasteiger partial charge in [0.15, 0.2) is 0 Å². The molecule has 2 N–H and O–H groups in total. The maximum Gasteiger partial charge on any atom is 0.136 e. The third-order valence-corrected chi connectivity index (χ3v) is 3.33. The van der Waals surface area contributed by atoms with Gasteiger partial charge < -0.3 is 10.2 Å². The fourth-order valence-corrected chi connectivity index (χ4v) is 2.80. The van der Waals surface area contributed by atoms with E-state index in [-0.39, 0.29) is 23.5 Å². The summed E-state index contributed by atoms with van der Waals surface area (Å²) in [4.78, 5) is 13.8. The van der Waals surface area contributed by atoms with E-state index in [1.807, 2.05) is 27.7 Å². The van der Waals surface area contributed by atoms with Crippen molar-refractivity contribution < 1.29 is 15.0 Å². The first-order chi connectivity index (χ1) is 7.19. The molecule has 1 aliphatic rings. The summed E-state index contributed by atoms with van der Waals surface area (Å²) in [5, 5.41) is 18.5. The Morgan fingerprint density at radius 3 is 2.06 bits per heavy atom. The van der Waals surface area contributed by atoms with E-state index in [1.54, 1.807) is 0 Å². The minimum absolute atomic E-state index is 0.239. The van der Waals surface area contributed by atoms with Gasteiger partial charge in [0.05, 0.1) is 12.7 Å². The number of rotatable bonds is 3. The average Bonchev–Trinajstić information content (AvgIpc) is 2.08. The van der Waals surface area contributed by atoms with Gasteiger partial charge in [-0.25, -0.2) is 0 Å². The summed E-state index contributed by atoms with van der Waals surface area (Å²) in [5.41, 5.74) is -0.510. The first kappa shape index (κ1) is 13.6. The Bertz CT molecular complexity index is 253. The molecule has 1 rings (SSSR count). The molecular formula is C12H23NO3. The van der Waals surface area contributed by atoms with Crippen molar-refractivity contribution >= 4 is 5.78 Å². The first-order valence-corrected chi connectivity index (χ1v) is 5.77. The van der Waals surface area contributed by atoms with Crippen molar-refractivity contribution in [2.24, 2.45) is 0 Å². The minimum atomic E-state index is -0.744. The molecule has 0 spiro atoms. The fraction of sp³-hybridized carbons (Fsp3) is 0.917. The zero-order chi connectivity index (χ0) is 12.6. The number of hydrogen-bond acceptors (Lipinski definition) is 4. The van der Waals surface area contributed by atoms with Crippen LogP contribution in [0.25, 0.3) is 0 Å². The Hall–Kier alpha value is -0.450. The normalized spacial score (nSPS) is 26.8. The first-order valence-electron chi connectivity index (χ1n) is 5.77. The molecule has 1 aliphatic heterocycles. The summed E-state index contributed by atoms with van der Waals surface area (Å²) in [5.74, 6) is 0.268. The number of aliphatic hydroxyl groups is 2. The van der Waals surface area contributed by atoms with Crippen molar-refractivity contribution in [3.8, 4) is 0 Å². The van der Waals surface area contributed by atoms with Gasteiger partial charge in [-0.1, -0.05) is 0 Å². The van der Waals surface area contributed by atoms with E-state index >= 15 is 0 Å². The number of aliphatic hydroxyl groups excluding tert-OH is 2. The topological polar surface area (TPSA) is 60.8 Å². The average molecular weight is 229 g/mol. The molecule has 0 bridgehead atoms. The van der Waals surface area contributed by atoms with E-state index < -0.39 is 6.10 Å². The van der Waals surface area contributed by atoms with Crippen molar-refractivity contribution in [3.63, 3.8) is 0 Å². The molecule has 1 saturated heterocycles. The highest BCUT2D eigenvalue weighted by molar-refractivity contribution is 5.81. The lowest BCUT2D eigenvalue weighted by Gasteiger charge is -2.52. The van der Waals surface area contributed by atoms with Crippen molar-refractivity contribution in [2.75, 3.05) is 13.2 Å². The highest BCUT2D eigenvalue weighted by Gasteiger charge is 2.45. The molecule has 1 fully saturated rings. The summed E-state index contributed by atoms with van der Waals surface area (Å²) in [7, 11) is 0. The number of likely N-dealkylation sites (tertiary alicyclic amines) is 1. The van der Waals surface area contributed by atoms with Gasteiger partial charge in [-0.15, -0.1) is 0 Å². The summed E-state index contributed by atoms with van der Waals surface area (Å²) < 4.78 is 0. The van der Waals surface area contributed by atoms with Gasteiger partial charge in [0.1, 0.15) is 5.78 Å². The van der Waals surface area contributed by atoms with Gasteiger partial charge in [0.2, 0.25) is 0 Å². The van der Waals surface area contributed by atoms with Crippen molar-refractivity contribution in [1.82, 2.24) is 4.90 Å². The predicted molar refractivity (Wildman–Crippen MR) is 62.2 cm³/mol. The largest absolute Gasteiger partial charge is 0.394 e. The number of piperidine rings is 1. The highest BCUT2D eigenvalue weighted by Crippen LogP contribution is 2.36. The van der Waals surface area contributed by atoms with E-state index in [4.69, 9.17) is 5.11 Å². The van der Waals surface area contributed by atoms with E-state index in [0.29, 0.717) is 19.4 Å². The fourth-order valence-electron chi connectivity index (χ4n) is 2.80. The standard InChI is InChI=1S/C12H23NO3/c1-11(2)5-9(15)6-12(3,4)13(11)7-10(16)8-14/h10,14,16H,5-8H2,1-4H3. The molecule has 1 heterocycles. The van der Waals surface area contributed by atoms with Crippen LogP contribution in [0, 0.1) is 0 Å². The molecule has 4 nitrogen and oxygen atoms in total. The number of nitrogens with zero attached hydrogens (tertiary/aromatic N) is 1. The maximum atomic E-state index is 11.7. The third kappa shape index (κ3) is 2.81. The van der Waals surface area contributed by atoms with Gasteiger partial charge in [-0.3, -0.25) is 9.69 Å². The second-order valence-electron chi connectivity index (χ2n) is 5.96. The zero-order valence-corrected chi connectivity index (χ0v) is 10.7. The van der Waals surface area contributed by atoms with Gasteiger partial charge >= 0.3 is 0 Å². The summed E-state index contributed by atoms with van der Waals surface area (Å²) in [6.45, 7) is 8.21. The highest BCUT2D eigenvalue weighted by atomic mass is 16.3. The molecule has 0 amide bonds. The summed E-state index contributed by atoms with van der Waals surface area (Å²) in [6, 6.07) is 0. The molecule has 0 aliphatic carbocycles. The molecule has 16 heavy (non-hydrogen) atoms. The molecule has 4 heteroatoms. The van der Waals surface area contributed by atoms with Crippen LogP contribution in [-0.4, -0.2) is 51.2 Å². The van der Waals surface area contributed by atoms with Crippen molar-refractivity contribution in [3.05, 3.63) is 0 Å². The van der Waals surface area contributed by atoms with Gasteiger partial charge in [-0.05, 0) is 27.7 Å². The van der Waals surface area contributed by atoms with Crippen LogP contribution >= 0.6 is 0 Å². The third-order valence-electron chi connectivity index (χ3n) is 3.33. The van der Waals surface area contributed by atoms with Crippen molar-refractivity contribution in [1.29, 1.82) is 0 Å². The van der Waals surface area contributed by atoms with Gasteiger partial charge in [0.25, 0.3) is 0 Å². The number of β-amino-alcohol motifs (C(OH)–C–C–N with tert-alkyl or cyclic N) is 1. The van der Waals surface area contributed by atoms with Crippen molar-refractivity contribution in [2.45, 2.75) is 57.7 Å². The summed E-state index contributed by atoms with van der Waals surface area (Å²) in [6.07, 6.45) is 0.273. The van der Waals surface area contributed by atoms with Gasteiger partial charge in [0, 0.05) is 30.5 Å². The molecular weight excluding hydrogens is 206 g/mol. The summed E-state index contributed by atoms with van der Waals surface area (Å²) >= 11 is 0. The monoisotopic (exact) mass is 229 g/mol. The Morgan fingerprint density at radius 1 is 1.25 bits per heavy atom. The second-order valence-corrected chi connectivity index (χ2v) is 5.96. The smallest absolute Gasteiger partial charge is 0.136 e. The van der Waals surface area contributed by atoms with Crippen LogP contribution in [-0.2, 0) is 4.79 Å². The Labute approximate surface area is 97.3 Å². The van der Waals surface area contributed by atoms with Crippen LogP contribution in [0.3, 0.4) is 0 Å². The molecule has 0 aromatic heterocycles. The van der Waals surface area contributed by atoms with E-state index in [1.165, 1.54) is 0 Å². The zero-order valence-electron chi connectivity index (χ0n) is 10.7. The molecule has 94 valence electrons. The Kier molecular flexibility index (Phi) is 3.77. The molecule has 0 saturated carbocycles. The Balaban J connectivity index is 2.88. The van der Waals surface area contributed by atoms with Crippen LogP contribution in [0.4, 0.5) is 0 Å². The van der Waals surface area contributed by atoms with Crippen LogP contribution in [0.15, 0.2) is 0 Å². The molecule has 0 radical (unpaired) electrons. The lowest BCUT2D eigenvalue weighted by molar-refractivity contribution is -0.136. The quantitative estimate of drug-likeness (QED) is 0.742. The van der Waals surface area contributed by atoms with Gasteiger partial charge in [-0.2, -0.15) is 0 Å². The number of carbonyl (C=O) groups excluding carboxylic acids is 1. The van der Waals surface area contributed by atoms with E-state index in [9.17, 15) is 9.90 Å². The number of hydrogen-bond donors (Lipinski definition) is 2. The van der Waals surface area contributed by atoms with Crippen LogP contribution in [0.2, 0.25) is 0 Å². The Morgan fingerprint density at radius 2 is 1.69 bits per heavy atom. The molecule has 1 unspecified atom stereocenters. The molecule has 0 aromatic carbocycles. The molecule has 0 aromatic rings. The number of Topliss-reactive ketones (excluding diaryl/α,β-unsaturated/α-hetero) is 1. The minimum Gasteiger partial charge on any atom is -0.394 e. The number of ketones is 1. The lowest BCUT2D eigenvalue weighted by Crippen LogP contribution is -2.62. The molecule has 1 atom stereocenters. The van der Waals surface area contributed by atoms with E-state index in [0.717, 1.165) is 0 Å². The van der Waals surface area contributed by atoms with Crippen LogP contribution in [0.1, 0.15) is 40.5 Å². The lowest BCUT2D eigenvalue weighted by atomic mass is 9.79. The van der Waals surface area contributed by atoms with E-state index in [2.05, 4.69) is 4.90 Å². The number of carbonyl (C=O) groups is 1. The van der Waals surface area contributed by atoms with Crippen LogP contribution < -0.4 is 0 Å². The second kappa shape index (κ2) is 4.43. The van der Waals surface area contributed by atoms with Crippen LogP contribution in [0.5, 0.6) is 0 Å². The maximum absolute atomic E-state index is 11.7.